The molecule has 1 atom stereocenters. The van der Waals surface area contributed by atoms with Crippen molar-refractivity contribution in [1.29, 1.82) is 0 Å². The Kier molecular flexibility index (Phi) is 4.02. The van der Waals surface area contributed by atoms with Gasteiger partial charge in [-0.05, 0) is 46.2 Å². The molecule has 116 valence electrons. The Morgan fingerprint density at radius 3 is 2.62 bits per heavy atom. The minimum absolute atomic E-state index is 0.232. The number of hydrogen-bond donors (Lipinski definition) is 1. The van der Waals surface area contributed by atoms with Crippen molar-refractivity contribution in [2.45, 2.75) is 58.0 Å². The molecule has 3 heterocycles. The molecule has 1 aromatic rings. The van der Waals surface area contributed by atoms with Crippen molar-refractivity contribution in [2.75, 3.05) is 13.1 Å². The second-order valence-electron chi connectivity index (χ2n) is 6.69. The summed E-state index contributed by atoms with van der Waals surface area (Å²) >= 11 is 0. The number of rotatable bonds is 3. The molecule has 1 N–H and O–H groups in total. The van der Waals surface area contributed by atoms with Crippen LogP contribution in [0.25, 0.3) is 0 Å². The van der Waals surface area contributed by atoms with Crippen molar-refractivity contribution in [3.05, 3.63) is 17.7 Å². The van der Waals surface area contributed by atoms with E-state index in [1.165, 1.54) is 5.82 Å². The molecule has 21 heavy (non-hydrogen) atoms. The summed E-state index contributed by atoms with van der Waals surface area (Å²) in [5, 5.41) is 9.17. The fourth-order valence-electron chi connectivity index (χ4n) is 3.70. The van der Waals surface area contributed by atoms with Crippen LogP contribution in [0.5, 0.6) is 0 Å². The zero-order valence-electron chi connectivity index (χ0n) is 13.0. The highest BCUT2D eigenvalue weighted by Crippen LogP contribution is 2.31. The van der Waals surface area contributed by atoms with Crippen LogP contribution in [-0.2, 0) is 17.8 Å². The van der Waals surface area contributed by atoms with E-state index < -0.39 is 5.97 Å². The summed E-state index contributed by atoms with van der Waals surface area (Å²) in [5.74, 6) is 0.825. The summed E-state index contributed by atoms with van der Waals surface area (Å²) in [6, 6.07) is 0.622. The summed E-state index contributed by atoms with van der Waals surface area (Å²) in [7, 11) is 0. The van der Waals surface area contributed by atoms with Gasteiger partial charge in [0.05, 0.1) is 5.92 Å². The molecule has 0 aliphatic carbocycles. The zero-order valence-corrected chi connectivity index (χ0v) is 13.0. The SMILES string of the molecule is CC(C)N1CCC(c2ncc3n2CCC(C(=O)O)C3)CC1. The lowest BCUT2D eigenvalue weighted by Crippen LogP contribution is -2.38. The van der Waals surface area contributed by atoms with Gasteiger partial charge in [0.15, 0.2) is 0 Å². The summed E-state index contributed by atoms with van der Waals surface area (Å²) in [4.78, 5) is 18.3. The maximum absolute atomic E-state index is 11.1. The fraction of sp³-hybridized carbons (Fsp3) is 0.750. The van der Waals surface area contributed by atoms with Gasteiger partial charge in [-0.15, -0.1) is 0 Å². The van der Waals surface area contributed by atoms with Crippen LogP contribution in [0.1, 0.15) is 50.5 Å². The molecule has 0 aromatic carbocycles. The van der Waals surface area contributed by atoms with E-state index >= 15 is 0 Å². The van der Waals surface area contributed by atoms with Crippen LogP contribution >= 0.6 is 0 Å². The normalized spacial score (nSPS) is 24.2. The number of carbonyl (C=O) groups is 1. The van der Waals surface area contributed by atoms with E-state index in [0.717, 1.165) is 44.6 Å². The second kappa shape index (κ2) is 5.79. The standard InChI is InChI=1S/C16H25N3O2/c1-11(2)18-6-3-12(4-7-18)15-17-10-14-9-13(16(20)21)5-8-19(14)15/h10-13H,3-9H2,1-2H3,(H,20,21). The third kappa shape index (κ3) is 2.84. The number of hydrogen-bond acceptors (Lipinski definition) is 3. The number of likely N-dealkylation sites (tertiary alicyclic amines) is 1. The third-order valence-electron chi connectivity index (χ3n) is 5.10. The minimum Gasteiger partial charge on any atom is -0.481 e. The number of carboxylic acid groups (broad SMARTS) is 1. The molecule has 2 aliphatic heterocycles. The highest BCUT2D eigenvalue weighted by molar-refractivity contribution is 5.70. The second-order valence-corrected chi connectivity index (χ2v) is 6.69. The summed E-state index contributed by atoms with van der Waals surface area (Å²) < 4.78 is 2.29. The molecule has 1 aromatic heterocycles. The average Bonchev–Trinajstić information content (AvgIpc) is 2.90. The lowest BCUT2D eigenvalue weighted by atomic mass is 9.93. The van der Waals surface area contributed by atoms with Crippen molar-refractivity contribution >= 4 is 5.97 Å². The largest absolute Gasteiger partial charge is 0.481 e. The highest BCUT2D eigenvalue weighted by Gasteiger charge is 2.30. The smallest absolute Gasteiger partial charge is 0.306 e. The molecular weight excluding hydrogens is 266 g/mol. The molecule has 0 radical (unpaired) electrons. The Morgan fingerprint density at radius 1 is 1.29 bits per heavy atom. The number of imidazole rings is 1. The number of carboxylic acids is 1. The summed E-state index contributed by atoms with van der Waals surface area (Å²) in [5.41, 5.74) is 1.11. The van der Waals surface area contributed by atoms with E-state index in [1.807, 2.05) is 6.20 Å². The first-order chi connectivity index (χ1) is 10.1. The monoisotopic (exact) mass is 291 g/mol. The van der Waals surface area contributed by atoms with Crippen molar-refractivity contribution in [3.63, 3.8) is 0 Å². The summed E-state index contributed by atoms with van der Waals surface area (Å²) in [6.07, 6.45) is 5.59. The maximum atomic E-state index is 11.1. The number of nitrogens with zero attached hydrogens (tertiary/aromatic N) is 3. The number of aliphatic carboxylic acids is 1. The van der Waals surface area contributed by atoms with E-state index in [0.29, 0.717) is 18.4 Å². The van der Waals surface area contributed by atoms with Gasteiger partial charge in [-0.25, -0.2) is 4.98 Å². The molecule has 5 heteroatoms. The van der Waals surface area contributed by atoms with E-state index in [1.54, 1.807) is 0 Å². The molecule has 0 saturated carbocycles. The first kappa shape index (κ1) is 14.6. The van der Waals surface area contributed by atoms with Crippen molar-refractivity contribution < 1.29 is 9.90 Å². The van der Waals surface area contributed by atoms with Crippen LogP contribution in [0.2, 0.25) is 0 Å². The third-order valence-corrected chi connectivity index (χ3v) is 5.10. The Labute approximate surface area is 126 Å². The quantitative estimate of drug-likeness (QED) is 0.926. The van der Waals surface area contributed by atoms with E-state index in [2.05, 4.69) is 28.3 Å². The van der Waals surface area contributed by atoms with Crippen LogP contribution in [0.3, 0.4) is 0 Å². The average molecular weight is 291 g/mol. The van der Waals surface area contributed by atoms with Gasteiger partial charge in [-0.1, -0.05) is 0 Å². The number of fused-ring (bicyclic) bond motifs is 1. The first-order valence-electron chi connectivity index (χ1n) is 8.07. The van der Waals surface area contributed by atoms with Crippen LogP contribution in [0.4, 0.5) is 0 Å². The van der Waals surface area contributed by atoms with Crippen molar-refractivity contribution in [2.24, 2.45) is 5.92 Å². The highest BCUT2D eigenvalue weighted by atomic mass is 16.4. The molecule has 0 spiro atoms. The molecule has 1 saturated heterocycles. The number of aromatic nitrogens is 2. The molecule has 2 aliphatic rings. The van der Waals surface area contributed by atoms with Gasteiger partial charge < -0.3 is 14.6 Å². The van der Waals surface area contributed by atoms with Gasteiger partial charge in [0, 0.05) is 36.8 Å². The van der Waals surface area contributed by atoms with Crippen LogP contribution in [-0.4, -0.2) is 44.7 Å². The maximum Gasteiger partial charge on any atom is 0.306 e. The molecule has 3 rings (SSSR count). The molecule has 5 nitrogen and oxygen atoms in total. The van der Waals surface area contributed by atoms with Crippen LogP contribution in [0.15, 0.2) is 6.20 Å². The zero-order chi connectivity index (χ0) is 15.0. The molecule has 0 amide bonds. The Bertz CT molecular complexity index is 516. The van der Waals surface area contributed by atoms with Crippen molar-refractivity contribution in [1.82, 2.24) is 14.5 Å². The predicted molar refractivity (Wildman–Crippen MR) is 80.4 cm³/mol. The van der Waals surface area contributed by atoms with Crippen LogP contribution in [0, 0.1) is 5.92 Å². The molecular formula is C16H25N3O2. The minimum atomic E-state index is -0.672. The van der Waals surface area contributed by atoms with Gasteiger partial charge in [0.25, 0.3) is 0 Å². The first-order valence-corrected chi connectivity index (χ1v) is 8.07. The van der Waals surface area contributed by atoms with Gasteiger partial charge in [0.2, 0.25) is 0 Å². The summed E-state index contributed by atoms with van der Waals surface area (Å²) in [6.45, 7) is 7.60. The molecule has 0 bridgehead atoms. The van der Waals surface area contributed by atoms with Gasteiger partial charge >= 0.3 is 5.97 Å². The Balaban J connectivity index is 1.70. The van der Waals surface area contributed by atoms with Crippen molar-refractivity contribution in [3.8, 4) is 0 Å². The lowest BCUT2D eigenvalue weighted by molar-refractivity contribution is -0.142. The van der Waals surface area contributed by atoms with E-state index in [9.17, 15) is 4.79 Å². The predicted octanol–water partition coefficient (Wildman–Crippen LogP) is 2.12. The van der Waals surface area contributed by atoms with E-state index in [-0.39, 0.29) is 5.92 Å². The number of piperidine rings is 1. The Morgan fingerprint density at radius 2 is 2.00 bits per heavy atom. The topological polar surface area (TPSA) is 58.4 Å². The van der Waals surface area contributed by atoms with Gasteiger partial charge in [0.1, 0.15) is 5.82 Å². The van der Waals surface area contributed by atoms with Gasteiger partial charge in [-0.3, -0.25) is 4.79 Å². The van der Waals surface area contributed by atoms with Gasteiger partial charge in [-0.2, -0.15) is 0 Å². The van der Waals surface area contributed by atoms with E-state index in [4.69, 9.17) is 5.11 Å². The molecule has 1 fully saturated rings. The lowest BCUT2D eigenvalue weighted by Gasteiger charge is -2.35. The molecule has 1 unspecified atom stereocenters. The van der Waals surface area contributed by atoms with Crippen LogP contribution < -0.4 is 0 Å². The fourth-order valence-corrected chi connectivity index (χ4v) is 3.70. The Hall–Kier alpha value is -1.36.